The van der Waals surface area contributed by atoms with Gasteiger partial charge >= 0.3 is 0 Å². The highest BCUT2D eigenvalue weighted by Crippen LogP contribution is 2.29. The van der Waals surface area contributed by atoms with Gasteiger partial charge in [-0.05, 0) is 34.6 Å². The first-order chi connectivity index (χ1) is 16.6. The minimum atomic E-state index is -0.774. The molecule has 2 aromatic rings. The molecule has 2 heterocycles. The summed E-state index contributed by atoms with van der Waals surface area (Å²) >= 11 is 0. The molecule has 0 aliphatic carbocycles. The first kappa shape index (κ1) is 25.1. The Morgan fingerprint density at radius 3 is 1.91 bits per heavy atom. The SMILES string of the molecule is CC[C@H](C)[C@@H](C(=O)N1CCN(Cc2ccc(C(C)(C)C)cc2)CC1)N1C(=O)c2ccccc2C1=O. The van der Waals surface area contributed by atoms with Crippen molar-refractivity contribution in [2.75, 3.05) is 26.2 Å². The van der Waals surface area contributed by atoms with Crippen molar-refractivity contribution in [1.82, 2.24) is 14.7 Å². The van der Waals surface area contributed by atoms with E-state index >= 15 is 0 Å². The molecule has 0 spiro atoms. The summed E-state index contributed by atoms with van der Waals surface area (Å²) in [7, 11) is 0. The Hall–Kier alpha value is -2.99. The van der Waals surface area contributed by atoms with Crippen LogP contribution in [0.25, 0.3) is 0 Å². The van der Waals surface area contributed by atoms with Gasteiger partial charge in [0.1, 0.15) is 6.04 Å². The number of hydrogen-bond donors (Lipinski definition) is 0. The molecule has 6 heteroatoms. The molecule has 0 saturated carbocycles. The quantitative estimate of drug-likeness (QED) is 0.583. The van der Waals surface area contributed by atoms with Crippen molar-refractivity contribution < 1.29 is 14.4 Å². The molecule has 2 aliphatic rings. The van der Waals surface area contributed by atoms with Gasteiger partial charge in [0.15, 0.2) is 0 Å². The fraction of sp³-hybridized carbons (Fsp3) is 0.483. The number of carbonyl (C=O) groups excluding carboxylic acids is 3. The topological polar surface area (TPSA) is 60.9 Å². The van der Waals surface area contributed by atoms with Crippen molar-refractivity contribution in [1.29, 1.82) is 0 Å². The van der Waals surface area contributed by atoms with Gasteiger partial charge in [0.25, 0.3) is 11.8 Å². The van der Waals surface area contributed by atoms with Gasteiger partial charge in [0, 0.05) is 32.7 Å². The summed E-state index contributed by atoms with van der Waals surface area (Å²) in [5.41, 5.74) is 3.50. The number of piperazine rings is 1. The molecule has 2 aromatic carbocycles. The maximum Gasteiger partial charge on any atom is 0.262 e. The summed E-state index contributed by atoms with van der Waals surface area (Å²) in [6.45, 7) is 14.1. The van der Waals surface area contributed by atoms with E-state index in [0.717, 1.165) is 19.6 Å². The van der Waals surface area contributed by atoms with Crippen LogP contribution in [0.3, 0.4) is 0 Å². The van der Waals surface area contributed by atoms with Gasteiger partial charge in [-0.25, -0.2) is 0 Å². The lowest BCUT2D eigenvalue weighted by Gasteiger charge is -2.39. The number of amides is 3. The van der Waals surface area contributed by atoms with E-state index < -0.39 is 6.04 Å². The van der Waals surface area contributed by atoms with E-state index in [1.54, 1.807) is 24.3 Å². The largest absolute Gasteiger partial charge is 0.338 e. The van der Waals surface area contributed by atoms with E-state index in [9.17, 15) is 14.4 Å². The van der Waals surface area contributed by atoms with Gasteiger partial charge in [-0.3, -0.25) is 24.2 Å². The highest BCUT2D eigenvalue weighted by molar-refractivity contribution is 6.22. The minimum absolute atomic E-state index is 0.121. The molecular formula is C29H37N3O3. The number of nitrogens with zero attached hydrogens (tertiary/aromatic N) is 3. The van der Waals surface area contributed by atoms with E-state index in [4.69, 9.17) is 0 Å². The Balaban J connectivity index is 1.42. The van der Waals surface area contributed by atoms with E-state index in [1.165, 1.54) is 16.0 Å². The van der Waals surface area contributed by atoms with Crippen LogP contribution >= 0.6 is 0 Å². The molecule has 186 valence electrons. The molecule has 0 bridgehead atoms. The highest BCUT2D eigenvalue weighted by atomic mass is 16.2. The summed E-state index contributed by atoms with van der Waals surface area (Å²) in [6.07, 6.45) is 0.703. The molecule has 2 atom stereocenters. The van der Waals surface area contributed by atoms with Crippen LogP contribution in [0.1, 0.15) is 72.9 Å². The number of rotatable bonds is 6. The fourth-order valence-corrected chi connectivity index (χ4v) is 4.97. The lowest BCUT2D eigenvalue weighted by Crippen LogP contribution is -2.57. The van der Waals surface area contributed by atoms with Crippen molar-refractivity contribution >= 4 is 17.7 Å². The standard InChI is InChI=1S/C29H37N3O3/c1-6-20(2)25(32-26(33)23-9-7-8-10-24(23)27(32)34)28(35)31-17-15-30(16-18-31)19-21-11-13-22(14-12-21)29(3,4)5/h7-14,20,25H,6,15-19H2,1-5H3/t20-,25-/m0/s1. The highest BCUT2D eigenvalue weighted by Gasteiger charge is 2.45. The van der Waals surface area contributed by atoms with Crippen molar-refractivity contribution in [3.8, 4) is 0 Å². The van der Waals surface area contributed by atoms with Gasteiger partial charge in [-0.1, -0.05) is 77.4 Å². The molecular weight excluding hydrogens is 438 g/mol. The molecule has 0 unspecified atom stereocenters. The van der Waals surface area contributed by atoms with Gasteiger partial charge in [0.05, 0.1) is 11.1 Å². The van der Waals surface area contributed by atoms with Crippen LogP contribution in [0, 0.1) is 5.92 Å². The Kier molecular flexibility index (Phi) is 7.13. The molecule has 3 amide bonds. The number of benzene rings is 2. The average molecular weight is 476 g/mol. The van der Waals surface area contributed by atoms with E-state index in [1.807, 2.05) is 18.7 Å². The average Bonchev–Trinajstić information content (AvgIpc) is 3.09. The maximum atomic E-state index is 13.7. The van der Waals surface area contributed by atoms with Crippen molar-refractivity contribution in [3.05, 3.63) is 70.8 Å². The molecule has 4 rings (SSSR count). The van der Waals surface area contributed by atoms with Gasteiger partial charge < -0.3 is 4.90 Å². The molecule has 2 aliphatic heterocycles. The second-order valence-electron chi connectivity index (χ2n) is 10.9. The van der Waals surface area contributed by atoms with Crippen LogP contribution in [-0.4, -0.2) is 64.6 Å². The van der Waals surface area contributed by atoms with Crippen LogP contribution in [0.5, 0.6) is 0 Å². The Labute approximate surface area is 208 Å². The predicted octanol–water partition coefficient (Wildman–Crippen LogP) is 4.34. The first-order valence-electron chi connectivity index (χ1n) is 12.7. The predicted molar refractivity (Wildman–Crippen MR) is 137 cm³/mol. The number of imide groups is 1. The van der Waals surface area contributed by atoms with Gasteiger partial charge in [-0.15, -0.1) is 0 Å². The maximum absolute atomic E-state index is 13.7. The second-order valence-corrected chi connectivity index (χ2v) is 10.9. The Morgan fingerprint density at radius 2 is 1.43 bits per heavy atom. The summed E-state index contributed by atoms with van der Waals surface area (Å²) in [5, 5.41) is 0. The lowest BCUT2D eigenvalue weighted by molar-refractivity contribution is -0.139. The van der Waals surface area contributed by atoms with E-state index in [-0.39, 0.29) is 29.1 Å². The zero-order chi connectivity index (χ0) is 25.3. The zero-order valence-electron chi connectivity index (χ0n) is 21.6. The third-order valence-corrected chi connectivity index (χ3v) is 7.45. The monoisotopic (exact) mass is 475 g/mol. The minimum Gasteiger partial charge on any atom is -0.338 e. The van der Waals surface area contributed by atoms with Crippen molar-refractivity contribution in [2.24, 2.45) is 5.92 Å². The second kappa shape index (κ2) is 9.94. The molecule has 1 fully saturated rings. The Bertz CT molecular complexity index is 1060. The van der Waals surface area contributed by atoms with Crippen molar-refractivity contribution in [3.63, 3.8) is 0 Å². The fourth-order valence-electron chi connectivity index (χ4n) is 4.97. The smallest absolute Gasteiger partial charge is 0.262 e. The molecule has 0 aromatic heterocycles. The summed E-state index contributed by atoms with van der Waals surface area (Å²) in [5.74, 6) is -0.963. The first-order valence-corrected chi connectivity index (χ1v) is 12.7. The van der Waals surface area contributed by atoms with Crippen LogP contribution < -0.4 is 0 Å². The summed E-state index contributed by atoms with van der Waals surface area (Å²) in [6, 6.07) is 14.9. The van der Waals surface area contributed by atoms with Crippen molar-refractivity contribution in [2.45, 2.75) is 59.0 Å². The lowest BCUT2D eigenvalue weighted by atomic mass is 9.87. The third kappa shape index (κ3) is 5.03. The molecule has 6 nitrogen and oxygen atoms in total. The summed E-state index contributed by atoms with van der Waals surface area (Å²) in [4.78, 5) is 45.3. The molecule has 1 saturated heterocycles. The van der Waals surface area contributed by atoms with E-state index in [2.05, 4.69) is 49.9 Å². The number of fused-ring (bicyclic) bond motifs is 1. The van der Waals surface area contributed by atoms with Crippen LogP contribution in [0.4, 0.5) is 0 Å². The third-order valence-electron chi connectivity index (χ3n) is 7.45. The molecule has 0 radical (unpaired) electrons. The number of hydrogen-bond acceptors (Lipinski definition) is 4. The molecule has 0 N–H and O–H groups in total. The van der Waals surface area contributed by atoms with E-state index in [0.29, 0.717) is 30.6 Å². The normalized spacial score (nSPS) is 18.5. The number of carbonyl (C=O) groups is 3. The zero-order valence-corrected chi connectivity index (χ0v) is 21.6. The summed E-state index contributed by atoms with van der Waals surface area (Å²) < 4.78 is 0. The Morgan fingerprint density at radius 1 is 0.886 bits per heavy atom. The van der Waals surface area contributed by atoms with Gasteiger partial charge in [0.2, 0.25) is 5.91 Å². The van der Waals surface area contributed by atoms with Crippen LogP contribution in [-0.2, 0) is 16.8 Å². The molecule has 35 heavy (non-hydrogen) atoms. The van der Waals surface area contributed by atoms with Crippen LogP contribution in [0.15, 0.2) is 48.5 Å². The van der Waals surface area contributed by atoms with Gasteiger partial charge in [-0.2, -0.15) is 0 Å². The van der Waals surface area contributed by atoms with Crippen LogP contribution in [0.2, 0.25) is 0 Å².